The average Bonchev–Trinajstić information content (AvgIpc) is 2.46. The minimum Gasteiger partial charge on any atom is -0.303 e. The first-order chi connectivity index (χ1) is 9.97. The lowest BCUT2D eigenvalue weighted by atomic mass is 9.80. The maximum atomic E-state index is 3.87. The van der Waals surface area contributed by atoms with Crippen molar-refractivity contribution in [3.8, 4) is 0 Å². The van der Waals surface area contributed by atoms with Crippen LogP contribution in [0.1, 0.15) is 56.0 Å². The second-order valence-electron chi connectivity index (χ2n) is 7.26. The molecule has 0 spiro atoms. The van der Waals surface area contributed by atoms with Gasteiger partial charge in [0.25, 0.3) is 0 Å². The number of nitrogens with one attached hydrogen (secondary N) is 1. The molecule has 1 nitrogen and oxygen atoms in total. The van der Waals surface area contributed by atoms with Gasteiger partial charge in [-0.05, 0) is 41.0 Å². The van der Waals surface area contributed by atoms with Gasteiger partial charge in [0.2, 0.25) is 0 Å². The quantitative estimate of drug-likeness (QED) is 0.840. The molecule has 1 aliphatic rings. The summed E-state index contributed by atoms with van der Waals surface area (Å²) in [5.74, 6) is 0. The summed E-state index contributed by atoms with van der Waals surface area (Å²) in [5, 5.41) is 3.87. The standard InChI is InChI=1S/C20H25N/c1-14(20(2,3)4)21-19-17-11-7-5-9-15(17)13-16-10-6-8-12-18(16)19/h5-12,14,19,21H,13H2,1-4H3. The summed E-state index contributed by atoms with van der Waals surface area (Å²) in [6.45, 7) is 9.18. The van der Waals surface area contributed by atoms with E-state index in [-0.39, 0.29) is 5.41 Å². The third kappa shape index (κ3) is 2.75. The first kappa shape index (κ1) is 14.3. The highest BCUT2D eigenvalue weighted by Crippen LogP contribution is 2.36. The molecule has 1 heteroatoms. The predicted molar refractivity (Wildman–Crippen MR) is 89.6 cm³/mol. The van der Waals surface area contributed by atoms with Crippen molar-refractivity contribution >= 4 is 0 Å². The van der Waals surface area contributed by atoms with E-state index in [2.05, 4.69) is 81.5 Å². The smallest absolute Gasteiger partial charge is 0.0584 e. The molecular weight excluding hydrogens is 254 g/mol. The molecule has 110 valence electrons. The van der Waals surface area contributed by atoms with Crippen LogP contribution in [0, 0.1) is 5.41 Å². The van der Waals surface area contributed by atoms with Crippen LogP contribution in [0.3, 0.4) is 0 Å². The summed E-state index contributed by atoms with van der Waals surface area (Å²) in [6, 6.07) is 18.4. The molecule has 0 fully saturated rings. The van der Waals surface area contributed by atoms with E-state index >= 15 is 0 Å². The Kier molecular flexibility index (Phi) is 3.62. The van der Waals surface area contributed by atoms with E-state index in [1.807, 2.05) is 0 Å². The van der Waals surface area contributed by atoms with E-state index in [1.54, 1.807) is 0 Å². The lowest BCUT2D eigenvalue weighted by molar-refractivity contribution is 0.272. The summed E-state index contributed by atoms with van der Waals surface area (Å²) in [7, 11) is 0. The van der Waals surface area contributed by atoms with Crippen LogP contribution in [0.15, 0.2) is 48.5 Å². The Morgan fingerprint density at radius 1 is 0.905 bits per heavy atom. The summed E-state index contributed by atoms with van der Waals surface area (Å²) >= 11 is 0. The lowest BCUT2D eigenvalue weighted by Gasteiger charge is -2.36. The Morgan fingerprint density at radius 2 is 1.38 bits per heavy atom. The second-order valence-corrected chi connectivity index (χ2v) is 7.26. The molecule has 0 aromatic heterocycles. The summed E-state index contributed by atoms with van der Waals surface area (Å²) < 4.78 is 0. The van der Waals surface area contributed by atoms with Crippen LogP contribution < -0.4 is 5.32 Å². The molecule has 1 N–H and O–H groups in total. The van der Waals surface area contributed by atoms with Gasteiger partial charge in [-0.2, -0.15) is 0 Å². The Balaban J connectivity index is 2.03. The van der Waals surface area contributed by atoms with E-state index in [0.29, 0.717) is 12.1 Å². The highest BCUT2D eigenvalue weighted by molar-refractivity contribution is 5.48. The number of hydrogen-bond donors (Lipinski definition) is 1. The van der Waals surface area contributed by atoms with E-state index in [0.717, 1.165) is 6.42 Å². The molecule has 3 rings (SSSR count). The van der Waals surface area contributed by atoms with Gasteiger partial charge in [-0.3, -0.25) is 0 Å². The van der Waals surface area contributed by atoms with Crippen LogP contribution in [0.5, 0.6) is 0 Å². The third-order valence-electron chi connectivity index (χ3n) is 4.83. The van der Waals surface area contributed by atoms with Crippen LogP contribution >= 0.6 is 0 Å². The van der Waals surface area contributed by atoms with Crippen molar-refractivity contribution in [1.29, 1.82) is 0 Å². The van der Waals surface area contributed by atoms with Gasteiger partial charge in [0.15, 0.2) is 0 Å². The van der Waals surface area contributed by atoms with Crippen LogP contribution in [0.25, 0.3) is 0 Å². The average molecular weight is 279 g/mol. The molecule has 1 atom stereocenters. The number of benzene rings is 2. The highest BCUT2D eigenvalue weighted by Gasteiger charge is 2.29. The van der Waals surface area contributed by atoms with Crippen LogP contribution in [0.4, 0.5) is 0 Å². The number of hydrogen-bond acceptors (Lipinski definition) is 1. The highest BCUT2D eigenvalue weighted by atomic mass is 15.0. The first-order valence-electron chi connectivity index (χ1n) is 7.88. The number of rotatable bonds is 2. The first-order valence-corrected chi connectivity index (χ1v) is 7.88. The molecule has 0 radical (unpaired) electrons. The molecule has 0 heterocycles. The predicted octanol–water partition coefficient (Wildman–Crippen LogP) is 4.70. The van der Waals surface area contributed by atoms with E-state index in [9.17, 15) is 0 Å². The Labute approximate surface area is 128 Å². The Morgan fingerprint density at radius 3 is 1.86 bits per heavy atom. The third-order valence-corrected chi connectivity index (χ3v) is 4.83. The fraction of sp³-hybridized carbons (Fsp3) is 0.400. The zero-order valence-corrected chi connectivity index (χ0v) is 13.5. The topological polar surface area (TPSA) is 12.0 Å². The maximum absolute atomic E-state index is 3.87. The molecule has 1 aliphatic carbocycles. The fourth-order valence-corrected chi connectivity index (χ4v) is 3.01. The summed E-state index contributed by atoms with van der Waals surface area (Å²) in [4.78, 5) is 0. The minimum atomic E-state index is 0.251. The van der Waals surface area contributed by atoms with Gasteiger partial charge in [-0.1, -0.05) is 69.3 Å². The van der Waals surface area contributed by atoms with Crippen molar-refractivity contribution < 1.29 is 0 Å². The van der Waals surface area contributed by atoms with Crippen molar-refractivity contribution in [3.05, 3.63) is 70.8 Å². The van der Waals surface area contributed by atoms with Crippen molar-refractivity contribution in [2.45, 2.75) is 46.2 Å². The fourth-order valence-electron chi connectivity index (χ4n) is 3.01. The normalized spacial score (nSPS) is 16.2. The SMILES string of the molecule is CC(NC1c2ccccc2Cc2ccccc21)C(C)(C)C. The van der Waals surface area contributed by atoms with Gasteiger partial charge in [0.1, 0.15) is 0 Å². The molecule has 0 saturated carbocycles. The van der Waals surface area contributed by atoms with Crippen LogP contribution in [-0.4, -0.2) is 6.04 Å². The van der Waals surface area contributed by atoms with E-state index in [4.69, 9.17) is 0 Å². The molecule has 2 aromatic carbocycles. The van der Waals surface area contributed by atoms with Crippen LogP contribution in [-0.2, 0) is 6.42 Å². The zero-order valence-electron chi connectivity index (χ0n) is 13.5. The molecule has 2 aromatic rings. The van der Waals surface area contributed by atoms with Gasteiger partial charge >= 0.3 is 0 Å². The molecule has 0 saturated heterocycles. The van der Waals surface area contributed by atoms with Gasteiger partial charge in [-0.15, -0.1) is 0 Å². The van der Waals surface area contributed by atoms with Crippen molar-refractivity contribution in [3.63, 3.8) is 0 Å². The maximum Gasteiger partial charge on any atom is 0.0584 e. The largest absolute Gasteiger partial charge is 0.303 e. The van der Waals surface area contributed by atoms with Gasteiger partial charge in [0, 0.05) is 6.04 Å². The van der Waals surface area contributed by atoms with Crippen molar-refractivity contribution in [2.24, 2.45) is 5.41 Å². The second kappa shape index (κ2) is 5.31. The van der Waals surface area contributed by atoms with Crippen molar-refractivity contribution in [1.82, 2.24) is 5.32 Å². The summed E-state index contributed by atoms with van der Waals surface area (Å²) in [5.41, 5.74) is 6.03. The molecule has 21 heavy (non-hydrogen) atoms. The molecule has 1 unspecified atom stereocenters. The molecule has 0 amide bonds. The number of fused-ring (bicyclic) bond motifs is 2. The van der Waals surface area contributed by atoms with Gasteiger partial charge in [0.05, 0.1) is 6.04 Å². The summed E-state index contributed by atoms with van der Waals surface area (Å²) in [6.07, 6.45) is 1.05. The monoisotopic (exact) mass is 279 g/mol. The van der Waals surface area contributed by atoms with E-state index < -0.39 is 0 Å². The lowest BCUT2D eigenvalue weighted by Crippen LogP contribution is -2.41. The zero-order chi connectivity index (χ0) is 15.0. The van der Waals surface area contributed by atoms with Crippen molar-refractivity contribution in [2.75, 3.05) is 0 Å². The van der Waals surface area contributed by atoms with Gasteiger partial charge in [-0.25, -0.2) is 0 Å². The Hall–Kier alpha value is -1.60. The molecule has 0 bridgehead atoms. The molecule has 0 aliphatic heterocycles. The van der Waals surface area contributed by atoms with E-state index in [1.165, 1.54) is 22.3 Å². The molecular formula is C20H25N. The van der Waals surface area contributed by atoms with Gasteiger partial charge < -0.3 is 5.32 Å². The van der Waals surface area contributed by atoms with Crippen LogP contribution in [0.2, 0.25) is 0 Å². The minimum absolute atomic E-state index is 0.251. The Bertz CT molecular complexity index is 591.